The molecule has 0 aliphatic carbocycles. The molecule has 1 aliphatic rings. The standard InChI is InChI=1S/C25H23N5O4S2/c1-36(32,33)16-7-5-15(6-8-16)22(31)21-13-20-23(35-21)25(30-9-11-34-12-10-30)28-24(27-20)17-3-2-4-19-18(17)14-26-29-19/h2-8,13-14,22,31H,9-12H2,1H3,(H,26,29). The number of ether oxygens (including phenoxy) is 1. The SMILES string of the molecule is CS(=O)(=O)c1ccc(C(O)c2cc3nc(-c4cccc5[nH]ncc45)nc(N4CCOCC4)c3s2)cc1. The zero-order chi connectivity index (χ0) is 24.9. The molecule has 4 heterocycles. The quantitative estimate of drug-likeness (QED) is 0.360. The van der Waals surface area contributed by atoms with Crippen molar-refractivity contribution in [2.75, 3.05) is 37.5 Å². The molecule has 5 aromatic rings. The van der Waals surface area contributed by atoms with Crippen LogP contribution in [-0.4, -0.2) is 66.2 Å². The summed E-state index contributed by atoms with van der Waals surface area (Å²) in [6.45, 7) is 2.66. The van der Waals surface area contributed by atoms with Crippen LogP contribution in [-0.2, 0) is 14.6 Å². The monoisotopic (exact) mass is 521 g/mol. The second-order valence-corrected chi connectivity index (χ2v) is 11.8. The third-order valence-corrected chi connectivity index (χ3v) is 8.60. The van der Waals surface area contributed by atoms with E-state index >= 15 is 0 Å². The van der Waals surface area contributed by atoms with Crippen LogP contribution in [0.25, 0.3) is 32.5 Å². The third kappa shape index (κ3) is 4.13. The number of aliphatic hydroxyl groups excluding tert-OH is 1. The number of aromatic amines is 1. The molecule has 1 saturated heterocycles. The molecule has 0 spiro atoms. The van der Waals surface area contributed by atoms with Gasteiger partial charge < -0.3 is 14.7 Å². The summed E-state index contributed by atoms with van der Waals surface area (Å²) in [4.78, 5) is 13.0. The molecule has 2 aromatic carbocycles. The molecule has 1 atom stereocenters. The number of fused-ring (bicyclic) bond motifs is 2. The van der Waals surface area contributed by atoms with Gasteiger partial charge in [0.1, 0.15) is 6.10 Å². The Labute approximate surface area is 211 Å². The number of nitrogens with one attached hydrogen (secondary N) is 1. The predicted octanol–water partition coefficient (Wildman–Crippen LogP) is 3.56. The molecule has 11 heteroatoms. The lowest BCUT2D eigenvalue weighted by Gasteiger charge is -2.28. The highest BCUT2D eigenvalue weighted by Crippen LogP contribution is 2.39. The smallest absolute Gasteiger partial charge is 0.175 e. The number of aliphatic hydroxyl groups is 1. The van der Waals surface area contributed by atoms with E-state index in [0.29, 0.717) is 42.6 Å². The first-order valence-electron chi connectivity index (χ1n) is 11.4. The minimum Gasteiger partial charge on any atom is -0.383 e. The normalized spacial score (nSPS) is 15.6. The van der Waals surface area contributed by atoms with Crippen molar-refractivity contribution in [3.8, 4) is 11.4 Å². The van der Waals surface area contributed by atoms with Crippen molar-refractivity contribution >= 4 is 48.1 Å². The first kappa shape index (κ1) is 23.0. The molecule has 184 valence electrons. The van der Waals surface area contributed by atoms with Gasteiger partial charge in [-0.15, -0.1) is 11.3 Å². The summed E-state index contributed by atoms with van der Waals surface area (Å²) in [6, 6.07) is 14.1. The van der Waals surface area contributed by atoms with Gasteiger partial charge in [0.15, 0.2) is 21.5 Å². The Morgan fingerprint density at radius 3 is 2.64 bits per heavy atom. The lowest BCUT2D eigenvalue weighted by atomic mass is 10.1. The van der Waals surface area contributed by atoms with Crippen LogP contribution in [0.15, 0.2) is 59.6 Å². The zero-order valence-electron chi connectivity index (χ0n) is 19.4. The van der Waals surface area contributed by atoms with Gasteiger partial charge in [0, 0.05) is 35.2 Å². The fourth-order valence-electron chi connectivity index (χ4n) is 4.40. The number of rotatable bonds is 5. The predicted molar refractivity (Wildman–Crippen MR) is 139 cm³/mol. The number of hydrogen-bond donors (Lipinski definition) is 2. The highest BCUT2D eigenvalue weighted by atomic mass is 32.2. The Kier molecular flexibility index (Phi) is 5.72. The Bertz CT molecular complexity index is 1670. The minimum atomic E-state index is -3.31. The first-order valence-corrected chi connectivity index (χ1v) is 14.1. The van der Waals surface area contributed by atoms with E-state index < -0.39 is 15.9 Å². The van der Waals surface area contributed by atoms with Gasteiger partial charge in [0.25, 0.3) is 0 Å². The van der Waals surface area contributed by atoms with Crippen LogP contribution in [0.3, 0.4) is 0 Å². The average Bonchev–Trinajstić information content (AvgIpc) is 3.55. The molecular weight excluding hydrogens is 498 g/mol. The highest BCUT2D eigenvalue weighted by Gasteiger charge is 2.23. The van der Waals surface area contributed by atoms with Gasteiger partial charge >= 0.3 is 0 Å². The molecule has 1 unspecified atom stereocenters. The molecule has 2 N–H and O–H groups in total. The fraction of sp³-hybridized carbons (Fsp3) is 0.240. The van der Waals surface area contributed by atoms with E-state index in [2.05, 4.69) is 15.1 Å². The summed E-state index contributed by atoms with van der Waals surface area (Å²) in [7, 11) is -3.31. The van der Waals surface area contributed by atoms with Crippen LogP contribution >= 0.6 is 11.3 Å². The van der Waals surface area contributed by atoms with Crippen LogP contribution in [0.2, 0.25) is 0 Å². The van der Waals surface area contributed by atoms with Gasteiger partial charge in [0.05, 0.1) is 40.0 Å². The summed E-state index contributed by atoms with van der Waals surface area (Å²) in [5.41, 5.74) is 3.14. The Morgan fingerprint density at radius 1 is 1.11 bits per heavy atom. The van der Waals surface area contributed by atoms with Crippen molar-refractivity contribution in [2.24, 2.45) is 0 Å². The van der Waals surface area contributed by atoms with Crippen LogP contribution in [0.4, 0.5) is 5.82 Å². The van der Waals surface area contributed by atoms with Crippen LogP contribution < -0.4 is 4.90 Å². The summed E-state index contributed by atoms with van der Waals surface area (Å²) >= 11 is 1.45. The Balaban J connectivity index is 1.47. The highest BCUT2D eigenvalue weighted by molar-refractivity contribution is 7.90. The number of anilines is 1. The lowest BCUT2D eigenvalue weighted by Crippen LogP contribution is -2.36. The second kappa shape index (κ2) is 8.93. The number of benzene rings is 2. The van der Waals surface area contributed by atoms with Gasteiger partial charge in [-0.1, -0.05) is 24.3 Å². The topological polar surface area (TPSA) is 121 Å². The van der Waals surface area contributed by atoms with Crippen molar-refractivity contribution in [3.63, 3.8) is 0 Å². The van der Waals surface area contributed by atoms with E-state index in [1.165, 1.54) is 23.5 Å². The number of hydrogen-bond acceptors (Lipinski definition) is 9. The van der Waals surface area contributed by atoms with Gasteiger partial charge in [-0.2, -0.15) is 5.10 Å². The van der Waals surface area contributed by atoms with Crippen molar-refractivity contribution in [1.29, 1.82) is 0 Å². The van der Waals surface area contributed by atoms with Crippen LogP contribution in [0.5, 0.6) is 0 Å². The van der Waals surface area contributed by atoms with Crippen LogP contribution in [0, 0.1) is 0 Å². The lowest BCUT2D eigenvalue weighted by molar-refractivity contribution is 0.122. The molecular formula is C25H23N5O4S2. The number of H-pyrrole nitrogens is 1. The number of aromatic nitrogens is 4. The largest absolute Gasteiger partial charge is 0.383 e. The molecule has 36 heavy (non-hydrogen) atoms. The van der Waals surface area contributed by atoms with Crippen molar-refractivity contribution in [3.05, 3.63) is 65.2 Å². The fourth-order valence-corrected chi connectivity index (χ4v) is 6.16. The Hall–Kier alpha value is -3.38. The average molecular weight is 522 g/mol. The van der Waals surface area contributed by atoms with E-state index in [1.54, 1.807) is 18.3 Å². The zero-order valence-corrected chi connectivity index (χ0v) is 21.0. The van der Waals surface area contributed by atoms with Gasteiger partial charge in [0.2, 0.25) is 0 Å². The van der Waals surface area contributed by atoms with Crippen molar-refractivity contribution < 1.29 is 18.3 Å². The third-order valence-electron chi connectivity index (χ3n) is 6.30. The molecule has 6 rings (SSSR count). The molecule has 0 amide bonds. The molecule has 0 bridgehead atoms. The minimum absolute atomic E-state index is 0.216. The van der Waals surface area contributed by atoms with Crippen LogP contribution in [0.1, 0.15) is 16.5 Å². The summed E-state index contributed by atoms with van der Waals surface area (Å²) < 4.78 is 30.1. The van der Waals surface area contributed by atoms with Gasteiger partial charge in [-0.3, -0.25) is 5.10 Å². The van der Waals surface area contributed by atoms with E-state index in [4.69, 9.17) is 14.7 Å². The first-order chi connectivity index (χ1) is 17.4. The summed E-state index contributed by atoms with van der Waals surface area (Å²) in [5, 5.41) is 19.3. The molecule has 3 aromatic heterocycles. The number of nitrogens with zero attached hydrogens (tertiary/aromatic N) is 4. The van der Waals surface area contributed by atoms with Gasteiger partial charge in [-0.25, -0.2) is 18.4 Å². The number of thiophene rings is 1. The maximum absolute atomic E-state index is 11.8. The number of morpholine rings is 1. The Morgan fingerprint density at radius 2 is 1.89 bits per heavy atom. The van der Waals surface area contributed by atoms with Gasteiger partial charge in [-0.05, 0) is 29.8 Å². The van der Waals surface area contributed by atoms with E-state index in [1.807, 2.05) is 24.3 Å². The van der Waals surface area contributed by atoms with E-state index in [9.17, 15) is 13.5 Å². The summed E-state index contributed by atoms with van der Waals surface area (Å²) in [5.74, 6) is 1.40. The van der Waals surface area contributed by atoms with Crippen molar-refractivity contribution in [2.45, 2.75) is 11.0 Å². The maximum Gasteiger partial charge on any atom is 0.175 e. The molecule has 9 nitrogen and oxygen atoms in total. The number of sulfone groups is 1. The molecule has 0 saturated carbocycles. The summed E-state index contributed by atoms with van der Waals surface area (Å²) in [6.07, 6.45) is 2.02. The van der Waals surface area contributed by atoms with E-state index in [-0.39, 0.29) is 4.90 Å². The maximum atomic E-state index is 11.8. The molecule has 0 radical (unpaired) electrons. The molecule has 1 aliphatic heterocycles. The molecule has 1 fully saturated rings. The van der Waals surface area contributed by atoms with E-state index in [0.717, 1.165) is 38.8 Å². The second-order valence-electron chi connectivity index (χ2n) is 8.71. The van der Waals surface area contributed by atoms with Crippen molar-refractivity contribution in [1.82, 2.24) is 20.2 Å².